The number of ether oxygens (including phenoxy) is 2. The summed E-state index contributed by atoms with van der Waals surface area (Å²) in [5.41, 5.74) is 0. The molecule has 8 heteroatoms. The zero-order valence-corrected chi connectivity index (χ0v) is 16.4. The molecule has 0 unspecified atom stereocenters. The Balaban J connectivity index is 2.05. The molecule has 0 aromatic rings. The number of nitrogens with one attached hydrogen (secondary N) is 1. The van der Waals surface area contributed by atoms with E-state index in [1.807, 2.05) is 11.8 Å². The van der Waals surface area contributed by atoms with E-state index in [0.29, 0.717) is 45.8 Å². The molecule has 2 fully saturated rings. The summed E-state index contributed by atoms with van der Waals surface area (Å²) in [5.74, 6) is -0.0366. The lowest BCUT2D eigenvalue weighted by Gasteiger charge is -2.38. The van der Waals surface area contributed by atoms with Crippen molar-refractivity contribution in [1.29, 1.82) is 0 Å². The minimum Gasteiger partial charge on any atom is -0.378 e. The number of amides is 1. The summed E-state index contributed by atoms with van der Waals surface area (Å²) in [6.07, 6.45) is 2.66. The first kappa shape index (κ1) is 20.6. The fraction of sp³-hybridized carbons (Fsp3) is 0.941. The lowest BCUT2D eigenvalue weighted by molar-refractivity contribution is -0.142. The van der Waals surface area contributed by atoms with Gasteiger partial charge in [0, 0.05) is 31.7 Å². The molecule has 1 saturated heterocycles. The van der Waals surface area contributed by atoms with Gasteiger partial charge in [0.15, 0.2) is 0 Å². The normalized spacial score (nSPS) is 28.3. The zero-order chi connectivity index (χ0) is 18.4. The molecular weight excluding hydrogens is 344 g/mol. The van der Waals surface area contributed by atoms with Crippen LogP contribution in [0.25, 0.3) is 0 Å². The second kappa shape index (κ2) is 9.30. The number of morpholine rings is 1. The van der Waals surface area contributed by atoms with E-state index in [1.165, 1.54) is 0 Å². The number of carbonyl (C=O) groups is 1. The molecule has 2 rings (SSSR count). The highest BCUT2D eigenvalue weighted by molar-refractivity contribution is 7.90. The van der Waals surface area contributed by atoms with Crippen LogP contribution in [0.3, 0.4) is 0 Å². The van der Waals surface area contributed by atoms with E-state index in [1.54, 1.807) is 13.8 Å². The molecule has 0 radical (unpaired) electrons. The van der Waals surface area contributed by atoms with E-state index in [4.69, 9.17) is 9.47 Å². The monoisotopic (exact) mass is 376 g/mol. The van der Waals surface area contributed by atoms with Gasteiger partial charge in [0.05, 0.1) is 24.6 Å². The number of nitrogens with zero attached hydrogens (tertiary/aromatic N) is 1. The van der Waals surface area contributed by atoms with Crippen LogP contribution in [0.1, 0.15) is 46.5 Å². The van der Waals surface area contributed by atoms with Crippen molar-refractivity contribution in [2.75, 3.05) is 32.9 Å². The van der Waals surface area contributed by atoms with Gasteiger partial charge >= 0.3 is 0 Å². The molecule has 3 atom stereocenters. The molecular formula is C17H32N2O5S. The third kappa shape index (κ3) is 5.64. The topological polar surface area (TPSA) is 84.9 Å². The molecule has 1 N–H and O–H groups in total. The third-order valence-corrected chi connectivity index (χ3v) is 6.80. The highest BCUT2D eigenvalue weighted by Gasteiger charge is 2.38. The van der Waals surface area contributed by atoms with Gasteiger partial charge in [-0.05, 0) is 39.5 Å². The number of sulfonamides is 1. The first-order valence-electron chi connectivity index (χ1n) is 9.34. The van der Waals surface area contributed by atoms with Crippen molar-refractivity contribution in [1.82, 2.24) is 9.62 Å². The van der Waals surface area contributed by atoms with Gasteiger partial charge in [0.25, 0.3) is 0 Å². The van der Waals surface area contributed by atoms with Gasteiger partial charge in [-0.3, -0.25) is 4.79 Å². The van der Waals surface area contributed by atoms with Crippen molar-refractivity contribution in [2.45, 2.75) is 63.9 Å². The molecule has 25 heavy (non-hydrogen) atoms. The minimum atomic E-state index is -3.40. The largest absolute Gasteiger partial charge is 0.378 e. The van der Waals surface area contributed by atoms with E-state index in [9.17, 15) is 13.2 Å². The highest BCUT2D eigenvalue weighted by Crippen LogP contribution is 2.29. The number of carbonyl (C=O) groups excluding carboxylic acids is 1. The highest BCUT2D eigenvalue weighted by atomic mass is 32.2. The van der Waals surface area contributed by atoms with Gasteiger partial charge in [-0.25, -0.2) is 13.1 Å². The summed E-state index contributed by atoms with van der Waals surface area (Å²) in [7, 11) is -3.40. The van der Waals surface area contributed by atoms with Gasteiger partial charge in [0.1, 0.15) is 0 Å². The lowest BCUT2D eigenvalue weighted by Crippen LogP contribution is -2.53. The minimum absolute atomic E-state index is 0.117. The SMILES string of the molecule is CCCO[C@@H]1CC[C@H](C(=O)N2CCOCC2)C[C@H]1NS(=O)(=O)C(C)C. The van der Waals surface area contributed by atoms with Crippen LogP contribution in [0.4, 0.5) is 0 Å². The van der Waals surface area contributed by atoms with Gasteiger partial charge in [-0.1, -0.05) is 6.92 Å². The number of rotatable bonds is 7. The van der Waals surface area contributed by atoms with Crippen LogP contribution >= 0.6 is 0 Å². The van der Waals surface area contributed by atoms with Crippen molar-refractivity contribution in [3.63, 3.8) is 0 Å². The molecule has 7 nitrogen and oxygen atoms in total. The summed E-state index contributed by atoms with van der Waals surface area (Å²) >= 11 is 0. The molecule has 0 bridgehead atoms. The Hall–Kier alpha value is -0.700. The van der Waals surface area contributed by atoms with Crippen molar-refractivity contribution < 1.29 is 22.7 Å². The van der Waals surface area contributed by atoms with E-state index in [-0.39, 0.29) is 24.0 Å². The van der Waals surface area contributed by atoms with Crippen LogP contribution in [-0.2, 0) is 24.3 Å². The van der Waals surface area contributed by atoms with E-state index in [0.717, 1.165) is 12.8 Å². The zero-order valence-electron chi connectivity index (χ0n) is 15.6. The molecule has 146 valence electrons. The van der Waals surface area contributed by atoms with Crippen LogP contribution in [0, 0.1) is 5.92 Å². The second-order valence-electron chi connectivity index (χ2n) is 7.17. The molecule has 1 heterocycles. The van der Waals surface area contributed by atoms with Crippen molar-refractivity contribution in [3.8, 4) is 0 Å². The molecule has 1 saturated carbocycles. The van der Waals surface area contributed by atoms with Crippen LogP contribution in [-0.4, -0.2) is 69.5 Å². The van der Waals surface area contributed by atoms with Gasteiger partial charge < -0.3 is 14.4 Å². The standard InChI is InChI=1S/C17H32N2O5S/c1-4-9-24-16-6-5-14(17(20)19-7-10-23-11-8-19)12-15(16)18-25(21,22)13(2)3/h13-16,18H,4-12H2,1-3H3/t14-,15+,16+/m0/s1. The Bertz CT molecular complexity index is 531. The predicted octanol–water partition coefficient (Wildman–Crippen LogP) is 1.14. The average molecular weight is 377 g/mol. The Morgan fingerprint density at radius 3 is 2.56 bits per heavy atom. The molecule has 2 aliphatic rings. The molecule has 1 amide bonds. The summed E-state index contributed by atoms with van der Waals surface area (Å²) < 4.78 is 38.6. The molecule has 1 aliphatic carbocycles. The average Bonchev–Trinajstić information content (AvgIpc) is 2.60. The summed E-state index contributed by atoms with van der Waals surface area (Å²) in [6.45, 7) is 8.33. The smallest absolute Gasteiger partial charge is 0.225 e. The van der Waals surface area contributed by atoms with Gasteiger partial charge in [-0.2, -0.15) is 0 Å². The summed E-state index contributed by atoms with van der Waals surface area (Å²) in [6, 6.07) is -0.345. The Kier molecular flexibility index (Phi) is 7.67. The second-order valence-corrected chi connectivity index (χ2v) is 9.44. The molecule has 0 aromatic carbocycles. The molecule has 1 aliphatic heterocycles. The Morgan fingerprint density at radius 1 is 1.28 bits per heavy atom. The number of hydrogen-bond acceptors (Lipinski definition) is 5. The maximum absolute atomic E-state index is 12.8. The van der Waals surface area contributed by atoms with Crippen molar-refractivity contribution >= 4 is 15.9 Å². The lowest BCUT2D eigenvalue weighted by atomic mass is 9.83. The Morgan fingerprint density at radius 2 is 1.96 bits per heavy atom. The van der Waals surface area contributed by atoms with Crippen molar-refractivity contribution in [2.24, 2.45) is 5.92 Å². The maximum Gasteiger partial charge on any atom is 0.225 e. The van der Waals surface area contributed by atoms with Gasteiger partial charge in [0.2, 0.25) is 15.9 Å². The van der Waals surface area contributed by atoms with Crippen molar-refractivity contribution in [3.05, 3.63) is 0 Å². The maximum atomic E-state index is 12.8. The van der Waals surface area contributed by atoms with Crippen LogP contribution in [0.5, 0.6) is 0 Å². The van der Waals surface area contributed by atoms with Crippen LogP contribution in [0.2, 0.25) is 0 Å². The fourth-order valence-electron chi connectivity index (χ4n) is 3.35. The van der Waals surface area contributed by atoms with E-state index in [2.05, 4.69) is 4.72 Å². The van der Waals surface area contributed by atoms with E-state index < -0.39 is 15.3 Å². The fourth-order valence-corrected chi connectivity index (χ4v) is 4.29. The molecule has 0 spiro atoms. The molecule has 0 aromatic heterocycles. The summed E-state index contributed by atoms with van der Waals surface area (Å²) in [4.78, 5) is 14.6. The van der Waals surface area contributed by atoms with Crippen LogP contribution in [0.15, 0.2) is 0 Å². The predicted molar refractivity (Wildman–Crippen MR) is 95.8 cm³/mol. The summed E-state index contributed by atoms with van der Waals surface area (Å²) in [5, 5.41) is -0.505. The van der Waals surface area contributed by atoms with E-state index >= 15 is 0 Å². The quantitative estimate of drug-likeness (QED) is 0.720. The first-order chi connectivity index (χ1) is 11.8. The Labute approximate surface area is 151 Å². The number of hydrogen-bond donors (Lipinski definition) is 1. The third-order valence-electron chi connectivity index (χ3n) is 4.93. The first-order valence-corrected chi connectivity index (χ1v) is 10.9. The van der Waals surface area contributed by atoms with Crippen LogP contribution < -0.4 is 4.72 Å². The van der Waals surface area contributed by atoms with Gasteiger partial charge in [-0.15, -0.1) is 0 Å².